The summed E-state index contributed by atoms with van der Waals surface area (Å²) in [5.74, 6) is 3.13. The molecule has 1 atom stereocenters. The maximum atomic E-state index is 5.49. The second kappa shape index (κ2) is 8.24. The Morgan fingerprint density at radius 1 is 1.07 bits per heavy atom. The molecule has 0 spiro atoms. The van der Waals surface area contributed by atoms with Crippen LogP contribution in [0.3, 0.4) is 0 Å². The number of nitrogens with zero attached hydrogens (tertiary/aromatic N) is 5. The van der Waals surface area contributed by atoms with Crippen molar-refractivity contribution >= 4 is 11.8 Å². The fraction of sp³-hybridized carbons (Fsp3) is 0.333. The molecule has 7 nitrogen and oxygen atoms in total. The SMILES string of the molecule is Cc1occc1-c1nnc(SC(C)c2nc(C(C)C)no2)n1Cc1ccccc1. The molecule has 0 fully saturated rings. The zero-order chi connectivity index (χ0) is 20.4. The number of rotatable bonds is 7. The monoisotopic (exact) mass is 409 g/mol. The van der Waals surface area contributed by atoms with E-state index < -0.39 is 0 Å². The molecule has 3 aromatic heterocycles. The van der Waals surface area contributed by atoms with Gasteiger partial charge in [-0.05, 0) is 25.5 Å². The Bertz CT molecular complexity index is 1080. The van der Waals surface area contributed by atoms with Gasteiger partial charge in [-0.15, -0.1) is 10.2 Å². The van der Waals surface area contributed by atoms with Crippen molar-refractivity contribution in [1.82, 2.24) is 24.9 Å². The minimum absolute atomic E-state index is 0.0491. The summed E-state index contributed by atoms with van der Waals surface area (Å²) in [4.78, 5) is 4.52. The summed E-state index contributed by atoms with van der Waals surface area (Å²) in [5, 5.41) is 13.7. The van der Waals surface area contributed by atoms with E-state index in [4.69, 9.17) is 8.94 Å². The number of aromatic nitrogens is 5. The minimum atomic E-state index is -0.0491. The van der Waals surface area contributed by atoms with E-state index in [1.54, 1.807) is 18.0 Å². The highest BCUT2D eigenvalue weighted by atomic mass is 32.2. The summed E-state index contributed by atoms with van der Waals surface area (Å²) in [7, 11) is 0. The van der Waals surface area contributed by atoms with Crippen molar-refractivity contribution in [1.29, 1.82) is 0 Å². The van der Waals surface area contributed by atoms with Crippen LogP contribution in [0.1, 0.15) is 55.0 Å². The number of hydrogen-bond donors (Lipinski definition) is 0. The number of furan rings is 1. The first-order chi connectivity index (χ1) is 14.0. The van der Waals surface area contributed by atoms with Crippen molar-refractivity contribution < 1.29 is 8.94 Å². The van der Waals surface area contributed by atoms with Crippen LogP contribution in [0.15, 0.2) is 56.8 Å². The van der Waals surface area contributed by atoms with Gasteiger partial charge in [0.15, 0.2) is 16.8 Å². The Balaban J connectivity index is 1.67. The number of hydrogen-bond acceptors (Lipinski definition) is 7. The smallest absolute Gasteiger partial charge is 0.239 e. The van der Waals surface area contributed by atoms with Crippen LogP contribution in [0.25, 0.3) is 11.4 Å². The average Bonchev–Trinajstić information content (AvgIpc) is 3.44. The Kier molecular flexibility index (Phi) is 5.53. The van der Waals surface area contributed by atoms with Crippen LogP contribution < -0.4 is 0 Å². The van der Waals surface area contributed by atoms with Gasteiger partial charge in [0.05, 0.1) is 23.6 Å². The lowest BCUT2D eigenvalue weighted by molar-refractivity contribution is 0.373. The lowest BCUT2D eigenvalue weighted by Gasteiger charge is -2.11. The second-order valence-corrected chi connectivity index (χ2v) is 8.48. The summed E-state index contributed by atoms with van der Waals surface area (Å²) in [6.07, 6.45) is 1.67. The van der Waals surface area contributed by atoms with Crippen molar-refractivity contribution in [3.8, 4) is 11.4 Å². The molecule has 0 radical (unpaired) electrons. The number of benzene rings is 1. The fourth-order valence-electron chi connectivity index (χ4n) is 2.96. The van der Waals surface area contributed by atoms with Gasteiger partial charge >= 0.3 is 0 Å². The van der Waals surface area contributed by atoms with E-state index in [9.17, 15) is 0 Å². The van der Waals surface area contributed by atoms with Gasteiger partial charge in [0, 0.05) is 5.92 Å². The fourth-order valence-corrected chi connectivity index (χ4v) is 3.84. The minimum Gasteiger partial charge on any atom is -0.469 e. The van der Waals surface area contributed by atoms with Gasteiger partial charge in [0.2, 0.25) is 5.89 Å². The molecule has 1 aromatic carbocycles. The molecule has 150 valence electrons. The molecule has 4 aromatic rings. The molecule has 0 amide bonds. The van der Waals surface area contributed by atoms with Crippen LogP contribution in [0, 0.1) is 6.92 Å². The summed E-state index contributed by atoms with van der Waals surface area (Å²) < 4.78 is 13.1. The second-order valence-electron chi connectivity index (χ2n) is 7.17. The van der Waals surface area contributed by atoms with Gasteiger partial charge in [-0.1, -0.05) is 61.1 Å². The molecule has 0 saturated carbocycles. The highest BCUT2D eigenvalue weighted by molar-refractivity contribution is 7.99. The van der Waals surface area contributed by atoms with Crippen LogP contribution >= 0.6 is 11.8 Å². The van der Waals surface area contributed by atoms with Crippen molar-refractivity contribution in [3.05, 3.63) is 65.7 Å². The van der Waals surface area contributed by atoms with Gasteiger partial charge in [0.25, 0.3) is 0 Å². The molecule has 0 saturated heterocycles. The van der Waals surface area contributed by atoms with Crippen LogP contribution in [-0.4, -0.2) is 24.9 Å². The third-order valence-corrected chi connectivity index (χ3v) is 5.67. The predicted molar refractivity (Wildman–Crippen MR) is 111 cm³/mol. The lowest BCUT2D eigenvalue weighted by atomic mass is 10.2. The van der Waals surface area contributed by atoms with Crippen molar-refractivity contribution in [2.24, 2.45) is 0 Å². The summed E-state index contributed by atoms with van der Waals surface area (Å²) in [5.41, 5.74) is 2.11. The highest BCUT2D eigenvalue weighted by Crippen LogP contribution is 2.36. The Morgan fingerprint density at radius 3 is 2.52 bits per heavy atom. The maximum Gasteiger partial charge on any atom is 0.239 e. The van der Waals surface area contributed by atoms with Gasteiger partial charge in [-0.2, -0.15) is 4.98 Å². The van der Waals surface area contributed by atoms with E-state index in [0.29, 0.717) is 18.3 Å². The van der Waals surface area contributed by atoms with Gasteiger partial charge < -0.3 is 8.94 Å². The predicted octanol–water partition coefficient (Wildman–Crippen LogP) is 5.25. The Hall–Kier alpha value is -2.87. The summed E-state index contributed by atoms with van der Waals surface area (Å²) in [6, 6.07) is 12.2. The molecule has 0 N–H and O–H groups in total. The molecule has 0 aliphatic carbocycles. The van der Waals surface area contributed by atoms with Crippen molar-refractivity contribution in [2.45, 2.75) is 50.6 Å². The number of aryl methyl sites for hydroxylation is 1. The zero-order valence-electron chi connectivity index (χ0n) is 16.9. The quantitative estimate of drug-likeness (QED) is 0.385. The first-order valence-corrected chi connectivity index (χ1v) is 10.4. The van der Waals surface area contributed by atoms with E-state index >= 15 is 0 Å². The average molecular weight is 410 g/mol. The molecular formula is C21H23N5O2S. The Labute approximate surface area is 173 Å². The van der Waals surface area contributed by atoms with E-state index in [1.807, 2.05) is 52.0 Å². The number of thioether (sulfide) groups is 1. The topological polar surface area (TPSA) is 82.8 Å². The van der Waals surface area contributed by atoms with Gasteiger partial charge in [-0.3, -0.25) is 4.57 Å². The van der Waals surface area contributed by atoms with Gasteiger partial charge in [0.1, 0.15) is 5.76 Å². The molecule has 0 bridgehead atoms. The maximum absolute atomic E-state index is 5.49. The highest BCUT2D eigenvalue weighted by Gasteiger charge is 2.23. The zero-order valence-corrected chi connectivity index (χ0v) is 17.7. The van der Waals surface area contributed by atoms with E-state index in [0.717, 1.165) is 22.3 Å². The normalized spacial score (nSPS) is 12.6. The summed E-state index contributed by atoms with van der Waals surface area (Å²) in [6.45, 7) is 8.71. The van der Waals surface area contributed by atoms with E-state index in [-0.39, 0.29) is 11.2 Å². The molecule has 3 heterocycles. The molecule has 0 aliphatic heterocycles. The Morgan fingerprint density at radius 2 is 1.86 bits per heavy atom. The van der Waals surface area contributed by atoms with Crippen LogP contribution in [0.4, 0.5) is 0 Å². The van der Waals surface area contributed by atoms with Crippen molar-refractivity contribution in [2.75, 3.05) is 0 Å². The van der Waals surface area contributed by atoms with Crippen LogP contribution in [0.2, 0.25) is 0 Å². The lowest BCUT2D eigenvalue weighted by Crippen LogP contribution is -2.05. The molecule has 29 heavy (non-hydrogen) atoms. The first-order valence-electron chi connectivity index (χ1n) is 9.54. The third-order valence-electron chi connectivity index (χ3n) is 4.60. The molecule has 1 unspecified atom stereocenters. The molecule has 0 aliphatic rings. The third kappa shape index (κ3) is 4.12. The van der Waals surface area contributed by atoms with Crippen LogP contribution in [-0.2, 0) is 6.54 Å². The van der Waals surface area contributed by atoms with Crippen LogP contribution in [0.5, 0.6) is 0 Å². The van der Waals surface area contributed by atoms with E-state index in [1.165, 1.54) is 5.56 Å². The molecule has 8 heteroatoms. The largest absolute Gasteiger partial charge is 0.469 e. The van der Waals surface area contributed by atoms with Gasteiger partial charge in [-0.25, -0.2) is 0 Å². The summed E-state index contributed by atoms with van der Waals surface area (Å²) >= 11 is 1.55. The van der Waals surface area contributed by atoms with Crippen molar-refractivity contribution in [3.63, 3.8) is 0 Å². The van der Waals surface area contributed by atoms with E-state index in [2.05, 4.69) is 37.0 Å². The molecular weight excluding hydrogens is 386 g/mol. The first kappa shape index (κ1) is 19.4. The molecule has 4 rings (SSSR count). The standard InChI is InChI=1S/C21H23N5O2S/c1-13(2)18-22-20(28-25-18)15(4)29-21-24-23-19(17-10-11-27-14(17)3)26(21)12-16-8-6-5-7-9-16/h5-11,13,15H,12H2,1-4H3.